The van der Waals surface area contributed by atoms with Gasteiger partial charge in [0.1, 0.15) is 0 Å². The lowest BCUT2D eigenvalue weighted by atomic mass is 10.2. The van der Waals surface area contributed by atoms with E-state index in [1.165, 1.54) is 0 Å². The van der Waals surface area contributed by atoms with Crippen LogP contribution in [0.15, 0.2) is 42.6 Å². The monoisotopic (exact) mass is 288 g/mol. The van der Waals surface area contributed by atoms with E-state index >= 15 is 0 Å². The first-order chi connectivity index (χ1) is 9.63. The number of aromatic amines is 1. The molecule has 1 aromatic carbocycles. The number of anilines is 2. The fourth-order valence-corrected chi connectivity index (χ4v) is 2.00. The largest absolute Gasteiger partial charge is 0.383 e. The third-order valence-electron chi connectivity index (χ3n) is 2.70. The Morgan fingerprint density at radius 3 is 2.45 bits per heavy atom. The number of nitrogens with one attached hydrogen (secondary N) is 4. The van der Waals surface area contributed by atoms with Gasteiger partial charge in [-0.25, -0.2) is 0 Å². The van der Waals surface area contributed by atoms with Crippen LogP contribution in [0.25, 0.3) is 0 Å². The number of hydrogen-bond donors (Lipinski definition) is 4. The number of hydrogen-bond acceptors (Lipinski definition) is 2. The molecule has 0 saturated heterocycles. The van der Waals surface area contributed by atoms with Gasteiger partial charge in [-0.1, -0.05) is 0 Å². The molecule has 0 spiro atoms. The van der Waals surface area contributed by atoms with Gasteiger partial charge in [0.15, 0.2) is 5.11 Å². The third kappa shape index (κ3) is 4.59. The average Bonchev–Trinajstić information content (AvgIpc) is 2.91. The van der Waals surface area contributed by atoms with Gasteiger partial charge in [-0.2, -0.15) is 0 Å². The van der Waals surface area contributed by atoms with Crippen LogP contribution in [0.1, 0.15) is 19.5 Å². The third-order valence-corrected chi connectivity index (χ3v) is 2.95. The zero-order valence-corrected chi connectivity index (χ0v) is 12.6. The Kier molecular flexibility index (Phi) is 5.01. The maximum absolute atomic E-state index is 5.26. The van der Waals surface area contributed by atoms with Crippen LogP contribution in [-0.4, -0.2) is 16.1 Å². The Labute approximate surface area is 125 Å². The summed E-state index contributed by atoms with van der Waals surface area (Å²) in [5.74, 6) is 0. The van der Waals surface area contributed by atoms with Crippen molar-refractivity contribution in [1.29, 1.82) is 0 Å². The van der Waals surface area contributed by atoms with Gasteiger partial charge in [0.2, 0.25) is 0 Å². The SMILES string of the molecule is CC(C)Nc1ccc(NC(=S)NCc2ccc[nH]2)cc1. The molecule has 0 fully saturated rings. The highest BCUT2D eigenvalue weighted by molar-refractivity contribution is 7.80. The van der Waals surface area contributed by atoms with Crippen LogP contribution in [0.2, 0.25) is 0 Å². The van der Waals surface area contributed by atoms with Crippen molar-refractivity contribution in [2.24, 2.45) is 0 Å². The van der Waals surface area contributed by atoms with Crippen molar-refractivity contribution >= 4 is 28.7 Å². The Balaban J connectivity index is 1.81. The van der Waals surface area contributed by atoms with E-state index in [0.29, 0.717) is 17.7 Å². The molecule has 2 rings (SSSR count). The molecule has 1 heterocycles. The minimum Gasteiger partial charge on any atom is -0.383 e. The Bertz CT molecular complexity index is 532. The lowest BCUT2D eigenvalue weighted by molar-refractivity contribution is 0.893. The van der Waals surface area contributed by atoms with Gasteiger partial charge in [-0.3, -0.25) is 0 Å². The zero-order chi connectivity index (χ0) is 14.4. The van der Waals surface area contributed by atoms with E-state index < -0.39 is 0 Å². The minimum absolute atomic E-state index is 0.428. The van der Waals surface area contributed by atoms with Crippen molar-refractivity contribution in [3.05, 3.63) is 48.3 Å². The molecule has 1 aromatic heterocycles. The summed E-state index contributed by atoms with van der Waals surface area (Å²) in [7, 11) is 0. The van der Waals surface area contributed by atoms with Gasteiger partial charge in [0.25, 0.3) is 0 Å². The van der Waals surface area contributed by atoms with Crippen LogP contribution in [0.5, 0.6) is 0 Å². The van der Waals surface area contributed by atoms with E-state index in [1.807, 2.05) is 42.6 Å². The molecule has 4 nitrogen and oxygen atoms in total. The minimum atomic E-state index is 0.428. The predicted molar refractivity (Wildman–Crippen MR) is 89.1 cm³/mol. The molecule has 0 aliphatic heterocycles. The van der Waals surface area contributed by atoms with Crippen molar-refractivity contribution in [1.82, 2.24) is 10.3 Å². The lowest BCUT2D eigenvalue weighted by Gasteiger charge is -2.12. The molecule has 106 valence electrons. The fraction of sp³-hybridized carbons (Fsp3) is 0.267. The van der Waals surface area contributed by atoms with E-state index in [4.69, 9.17) is 12.2 Å². The van der Waals surface area contributed by atoms with Gasteiger partial charge in [0, 0.05) is 29.3 Å². The summed E-state index contributed by atoms with van der Waals surface area (Å²) in [4.78, 5) is 3.12. The highest BCUT2D eigenvalue weighted by Crippen LogP contribution is 2.14. The van der Waals surface area contributed by atoms with Crippen molar-refractivity contribution in [3.63, 3.8) is 0 Å². The second-order valence-electron chi connectivity index (χ2n) is 4.88. The molecule has 4 N–H and O–H groups in total. The molecule has 0 aliphatic rings. The summed E-state index contributed by atoms with van der Waals surface area (Å²) in [5, 5.41) is 10.3. The Morgan fingerprint density at radius 1 is 1.15 bits per heavy atom. The van der Waals surface area contributed by atoms with Crippen molar-refractivity contribution in [3.8, 4) is 0 Å². The smallest absolute Gasteiger partial charge is 0.171 e. The second kappa shape index (κ2) is 6.96. The first-order valence-electron chi connectivity index (χ1n) is 6.67. The standard InChI is InChI=1S/C15H20N4S/c1-11(2)18-12-5-7-13(8-6-12)19-15(20)17-10-14-4-3-9-16-14/h3-9,11,16,18H,10H2,1-2H3,(H2,17,19,20). The molecule has 5 heteroatoms. The van der Waals surface area contributed by atoms with Crippen LogP contribution in [0.4, 0.5) is 11.4 Å². The van der Waals surface area contributed by atoms with Crippen LogP contribution in [0, 0.1) is 0 Å². The fourth-order valence-electron chi connectivity index (χ4n) is 1.81. The molecule has 0 radical (unpaired) electrons. The summed E-state index contributed by atoms with van der Waals surface area (Å²) in [5.41, 5.74) is 3.18. The molecular formula is C15H20N4S. The highest BCUT2D eigenvalue weighted by atomic mass is 32.1. The summed E-state index contributed by atoms with van der Waals surface area (Å²) >= 11 is 5.26. The topological polar surface area (TPSA) is 51.9 Å². The van der Waals surface area contributed by atoms with Crippen molar-refractivity contribution < 1.29 is 0 Å². The van der Waals surface area contributed by atoms with Gasteiger partial charge >= 0.3 is 0 Å². The van der Waals surface area contributed by atoms with E-state index in [0.717, 1.165) is 17.1 Å². The van der Waals surface area contributed by atoms with E-state index in [9.17, 15) is 0 Å². The number of aromatic nitrogens is 1. The highest BCUT2D eigenvalue weighted by Gasteiger charge is 1.99. The number of rotatable bonds is 5. The molecule has 0 atom stereocenters. The maximum Gasteiger partial charge on any atom is 0.171 e. The first kappa shape index (κ1) is 14.4. The molecule has 0 saturated carbocycles. The molecule has 0 bridgehead atoms. The quantitative estimate of drug-likeness (QED) is 0.638. The van der Waals surface area contributed by atoms with Crippen LogP contribution < -0.4 is 16.0 Å². The van der Waals surface area contributed by atoms with Crippen LogP contribution in [-0.2, 0) is 6.54 Å². The first-order valence-corrected chi connectivity index (χ1v) is 7.08. The molecule has 0 aliphatic carbocycles. The summed E-state index contributed by atoms with van der Waals surface area (Å²) in [6, 6.07) is 12.5. The molecule has 2 aromatic rings. The number of benzene rings is 1. The van der Waals surface area contributed by atoms with E-state index in [2.05, 4.69) is 34.8 Å². The Hall–Kier alpha value is -2.01. The Morgan fingerprint density at radius 2 is 1.85 bits per heavy atom. The van der Waals surface area contributed by atoms with E-state index in [1.54, 1.807) is 0 Å². The van der Waals surface area contributed by atoms with Gasteiger partial charge < -0.3 is 20.9 Å². The lowest BCUT2D eigenvalue weighted by Crippen LogP contribution is -2.27. The van der Waals surface area contributed by atoms with E-state index in [-0.39, 0.29) is 0 Å². The molecule has 20 heavy (non-hydrogen) atoms. The zero-order valence-electron chi connectivity index (χ0n) is 11.7. The molecular weight excluding hydrogens is 268 g/mol. The van der Waals surface area contributed by atoms with Gasteiger partial charge in [-0.15, -0.1) is 0 Å². The second-order valence-corrected chi connectivity index (χ2v) is 5.29. The summed E-state index contributed by atoms with van der Waals surface area (Å²) < 4.78 is 0. The number of thiocarbonyl (C=S) groups is 1. The van der Waals surface area contributed by atoms with Gasteiger partial charge in [0.05, 0.1) is 6.54 Å². The molecule has 0 unspecified atom stereocenters. The summed E-state index contributed by atoms with van der Waals surface area (Å²) in [6.07, 6.45) is 1.90. The normalized spacial score (nSPS) is 10.3. The maximum atomic E-state index is 5.26. The number of H-pyrrole nitrogens is 1. The van der Waals surface area contributed by atoms with Crippen molar-refractivity contribution in [2.75, 3.05) is 10.6 Å². The van der Waals surface area contributed by atoms with Crippen LogP contribution >= 0.6 is 12.2 Å². The summed E-state index contributed by atoms with van der Waals surface area (Å²) in [6.45, 7) is 4.92. The predicted octanol–water partition coefficient (Wildman–Crippen LogP) is 3.32. The molecule has 0 amide bonds. The average molecular weight is 288 g/mol. The van der Waals surface area contributed by atoms with Crippen LogP contribution in [0.3, 0.4) is 0 Å². The van der Waals surface area contributed by atoms with Crippen molar-refractivity contribution in [2.45, 2.75) is 26.4 Å². The van der Waals surface area contributed by atoms with Gasteiger partial charge in [-0.05, 0) is 62.5 Å².